The standard InChI is InChI=1S/C15H21BrN2O3S/c1-2-21-15-6-4-11(7-13(15)16)22(19,20)18-8-10-3-5-14(17)12(10)9-18/h4,6-7,10,12,14H,2-3,5,8-9,17H2,1H3. The third-order valence-corrected chi connectivity index (χ3v) is 7.17. The monoisotopic (exact) mass is 388 g/mol. The first-order chi connectivity index (χ1) is 10.4. The Labute approximate surface area is 140 Å². The summed E-state index contributed by atoms with van der Waals surface area (Å²) >= 11 is 3.38. The Bertz CT molecular complexity index is 665. The fraction of sp³-hybridized carbons (Fsp3) is 0.600. The van der Waals surface area contributed by atoms with Crippen molar-refractivity contribution in [3.8, 4) is 5.75 Å². The van der Waals surface area contributed by atoms with Crippen molar-refractivity contribution in [1.82, 2.24) is 4.31 Å². The van der Waals surface area contributed by atoms with E-state index in [-0.39, 0.29) is 6.04 Å². The van der Waals surface area contributed by atoms with Crippen LogP contribution in [0.2, 0.25) is 0 Å². The first-order valence-corrected chi connectivity index (χ1v) is 9.85. The minimum absolute atomic E-state index is 0.136. The Kier molecular flexibility index (Phi) is 4.51. The highest BCUT2D eigenvalue weighted by molar-refractivity contribution is 9.10. The van der Waals surface area contributed by atoms with Gasteiger partial charge >= 0.3 is 0 Å². The maximum atomic E-state index is 12.8. The second-order valence-corrected chi connectivity index (χ2v) is 8.80. The number of fused-ring (bicyclic) bond motifs is 1. The lowest BCUT2D eigenvalue weighted by atomic mass is 9.98. The van der Waals surface area contributed by atoms with E-state index in [0.717, 1.165) is 12.8 Å². The second kappa shape index (κ2) is 6.11. The SMILES string of the molecule is CCOc1ccc(S(=O)(=O)N2CC3CCC(N)C3C2)cc1Br. The number of nitrogens with zero attached hydrogens (tertiary/aromatic N) is 1. The van der Waals surface area contributed by atoms with E-state index in [1.54, 1.807) is 22.5 Å². The molecular formula is C15H21BrN2O3S. The van der Waals surface area contributed by atoms with Gasteiger partial charge in [0.25, 0.3) is 0 Å². The van der Waals surface area contributed by atoms with Crippen molar-refractivity contribution in [2.24, 2.45) is 17.6 Å². The molecule has 22 heavy (non-hydrogen) atoms. The van der Waals surface area contributed by atoms with Gasteiger partial charge in [0.15, 0.2) is 0 Å². The summed E-state index contributed by atoms with van der Waals surface area (Å²) in [5, 5.41) is 0. The summed E-state index contributed by atoms with van der Waals surface area (Å²) in [4.78, 5) is 0.302. The van der Waals surface area contributed by atoms with Gasteiger partial charge in [0.05, 0.1) is 16.0 Å². The van der Waals surface area contributed by atoms with Gasteiger partial charge in [-0.05, 0) is 65.7 Å². The highest BCUT2D eigenvalue weighted by Gasteiger charge is 2.45. The van der Waals surface area contributed by atoms with Crippen LogP contribution in [-0.4, -0.2) is 38.5 Å². The second-order valence-electron chi connectivity index (χ2n) is 6.01. The summed E-state index contributed by atoms with van der Waals surface area (Å²) in [6.07, 6.45) is 2.04. The lowest BCUT2D eigenvalue weighted by molar-refractivity contribution is 0.338. The number of rotatable bonds is 4. The maximum Gasteiger partial charge on any atom is 0.243 e. The van der Waals surface area contributed by atoms with E-state index in [9.17, 15) is 8.42 Å². The fourth-order valence-corrected chi connectivity index (χ4v) is 5.73. The number of halogens is 1. The smallest absolute Gasteiger partial charge is 0.243 e. The van der Waals surface area contributed by atoms with Crippen molar-refractivity contribution < 1.29 is 13.2 Å². The van der Waals surface area contributed by atoms with E-state index in [0.29, 0.717) is 46.6 Å². The quantitative estimate of drug-likeness (QED) is 0.857. The molecule has 1 saturated carbocycles. The molecule has 1 saturated heterocycles. The van der Waals surface area contributed by atoms with Gasteiger partial charge in [-0.3, -0.25) is 0 Å². The van der Waals surface area contributed by atoms with E-state index >= 15 is 0 Å². The number of ether oxygens (including phenoxy) is 1. The molecule has 0 radical (unpaired) electrons. The summed E-state index contributed by atoms with van der Waals surface area (Å²) in [7, 11) is -3.47. The minimum Gasteiger partial charge on any atom is -0.493 e. The van der Waals surface area contributed by atoms with Crippen molar-refractivity contribution >= 4 is 26.0 Å². The highest BCUT2D eigenvalue weighted by Crippen LogP contribution is 2.39. The van der Waals surface area contributed by atoms with Gasteiger partial charge in [0, 0.05) is 19.1 Å². The summed E-state index contributed by atoms with van der Waals surface area (Å²) in [6.45, 7) is 3.56. The Morgan fingerprint density at radius 1 is 1.36 bits per heavy atom. The van der Waals surface area contributed by atoms with Crippen LogP contribution < -0.4 is 10.5 Å². The molecule has 7 heteroatoms. The largest absolute Gasteiger partial charge is 0.493 e. The molecule has 1 aliphatic carbocycles. The van der Waals surface area contributed by atoms with Crippen molar-refractivity contribution in [2.75, 3.05) is 19.7 Å². The molecule has 3 unspecified atom stereocenters. The Balaban J connectivity index is 1.83. The van der Waals surface area contributed by atoms with Gasteiger partial charge in [-0.15, -0.1) is 0 Å². The molecule has 1 aromatic rings. The molecule has 0 bridgehead atoms. The summed E-state index contributed by atoms with van der Waals surface area (Å²) in [5.74, 6) is 1.37. The average molecular weight is 389 g/mol. The van der Waals surface area contributed by atoms with Crippen LogP contribution in [0.3, 0.4) is 0 Å². The van der Waals surface area contributed by atoms with Crippen LogP contribution in [-0.2, 0) is 10.0 Å². The molecule has 5 nitrogen and oxygen atoms in total. The van der Waals surface area contributed by atoms with E-state index in [4.69, 9.17) is 10.5 Å². The summed E-state index contributed by atoms with van der Waals surface area (Å²) in [6, 6.07) is 5.06. The van der Waals surface area contributed by atoms with E-state index in [2.05, 4.69) is 15.9 Å². The topological polar surface area (TPSA) is 72.6 Å². The highest BCUT2D eigenvalue weighted by atomic mass is 79.9. The van der Waals surface area contributed by atoms with Crippen LogP contribution in [0.25, 0.3) is 0 Å². The molecule has 2 N–H and O–H groups in total. The molecule has 122 valence electrons. The molecule has 0 spiro atoms. The van der Waals surface area contributed by atoms with E-state index in [1.165, 1.54) is 0 Å². The van der Waals surface area contributed by atoms with E-state index in [1.807, 2.05) is 6.92 Å². The molecule has 0 aromatic heterocycles. The predicted molar refractivity (Wildman–Crippen MR) is 88.3 cm³/mol. The zero-order chi connectivity index (χ0) is 15.9. The van der Waals surface area contributed by atoms with Crippen LogP contribution in [0.5, 0.6) is 5.75 Å². The van der Waals surface area contributed by atoms with Gasteiger partial charge in [0.2, 0.25) is 10.0 Å². The van der Waals surface area contributed by atoms with Crippen LogP contribution in [0.4, 0.5) is 0 Å². The zero-order valence-electron chi connectivity index (χ0n) is 12.5. The lowest BCUT2D eigenvalue weighted by Crippen LogP contribution is -2.33. The van der Waals surface area contributed by atoms with Gasteiger partial charge in [0.1, 0.15) is 5.75 Å². The molecule has 1 aliphatic heterocycles. The summed E-state index contributed by atoms with van der Waals surface area (Å²) < 4.78 is 33.3. The lowest BCUT2D eigenvalue weighted by Gasteiger charge is -2.19. The van der Waals surface area contributed by atoms with Crippen molar-refractivity contribution in [3.63, 3.8) is 0 Å². The molecule has 1 heterocycles. The van der Waals surface area contributed by atoms with Crippen molar-refractivity contribution in [1.29, 1.82) is 0 Å². The Hall–Kier alpha value is -0.630. The van der Waals surface area contributed by atoms with Crippen molar-refractivity contribution in [2.45, 2.75) is 30.7 Å². The number of sulfonamides is 1. The minimum atomic E-state index is -3.47. The fourth-order valence-electron chi connectivity index (χ4n) is 3.53. The Morgan fingerprint density at radius 2 is 2.14 bits per heavy atom. The molecule has 2 fully saturated rings. The first kappa shape index (κ1) is 16.2. The predicted octanol–water partition coefficient (Wildman–Crippen LogP) is 2.21. The van der Waals surface area contributed by atoms with Crippen LogP contribution >= 0.6 is 15.9 Å². The summed E-state index contributed by atoms with van der Waals surface area (Å²) in [5.41, 5.74) is 6.10. The van der Waals surface area contributed by atoms with Gasteiger partial charge in [-0.2, -0.15) is 4.31 Å². The first-order valence-electron chi connectivity index (χ1n) is 7.61. The normalized spacial score (nSPS) is 28.8. The van der Waals surface area contributed by atoms with Gasteiger partial charge in [-0.25, -0.2) is 8.42 Å². The zero-order valence-corrected chi connectivity index (χ0v) is 14.9. The molecular weight excluding hydrogens is 368 g/mol. The molecule has 3 atom stereocenters. The molecule has 0 amide bonds. The Morgan fingerprint density at radius 3 is 2.77 bits per heavy atom. The average Bonchev–Trinajstić information content (AvgIpc) is 3.04. The van der Waals surface area contributed by atoms with Crippen molar-refractivity contribution in [3.05, 3.63) is 22.7 Å². The van der Waals surface area contributed by atoms with Gasteiger partial charge in [-0.1, -0.05) is 0 Å². The number of benzene rings is 1. The number of hydrogen-bond acceptors (Lipinski definition) is 4. The number of nitrogens with two attached hydrogens (primary N) is 1. The number of hydrogen-bond donors (Lipinski definition) is 1. The molecule has 2 aliphatic rings. The van der Waals surface area contributed by atoms with Crippen LogP contribution in [0, 0.1) is 11.8 Å². The molecule has 3 rings (SSSR count). The molecule has 1 aromatic carbocycles. The van der Waals surface area contributed by atoms with Crippen LogP contribution in [0.15, 0.2) is 27.6 Å². The third-order valence-electron chi connectivity index (χ3n) is 4.72. The third kappa shape index (κ3) is 2.79. The van der Waals surface area contributed by atoms with E-state index < -0.39 is 10.0 Å². The van der Waals surface area contributed by atoms with Gasteiger partial charge < -0.3 is 10.5 Å². The maximum absolute atomic E-state index is 12.8. The van der Waals surface area contributed by atoms with Crippen LogP contribution in [0.1, 0.15) is 19.8 Å².